The summed E-state index contributed by atoms with van der Waals surface area (Å²) < 4.78 is 0. The maximum atomic E-state index is 14.4. The van der Waals surface area contributed by atoms with Crippen molar-refractivity contribution in [2.45, 2.75) is 142 Å². The van der Waals surface area contributed by atoms with E-state index in [0.29, 0.717) is 17.5 Å². The topological polar surface area (TPSA) is 316 Å². The molecule has 0 saturated heterocycles. The summed E-state index contributed by atoms with van der Waals surface area (Å²) >= 11 is 0. The van der Waals surface area contributed by atoms with Gasteiger partial charge in [0.15, 0.2) is 0 Å². The summed E-state index contributed by atoms with van der Waals surface area (Å²) in [6.45, 7) is 12.7. The molecule has 0 spiro atoms. The number of aliphatic carboxylic acids is 1. The van der Waals surface area contributed by atoms with Crippen LogP contribution in [0, 0.1) is 23.7 Å². The number of nitrogens with one attached hydrogen (secondary N) is 8. The van der Waals surface area contributed by atoms with E-state index < -0.39 is 127 Å². The van der Waals surface area contributed by atoms with Crippen molar-refractivity contribution in [3.05, 3.63) is 108 Å². The number of aliphatic hydroxyl groups excluding tert-OH is 1. The quantitative estimate of drug-likeness (QED) is 0.0436. The van der Waals surface area contributed by atoms with Gasteiger partial charge in [0.2, 0.25) is 47.3 Å². The van der Waals surface area contributed by atoms with E-state index in [-0.39, 0.29) is 43.9 Å². The van der Waals surface area contributed by atoms with Crippen LogP contribution in [0.2, 0.25) is 0 Å². The molecule has 0 bridgehead atoms. The average Bonchev–Trinajstić information content (AvgIpc) is 3.37. The van der Waals surface area contributed by atoms with Crippen LogP contribution >= 0.6 is 0 Å². The molecule has 9 atom stereocenters. The third-order valence-corrected chi connectivity index (χ3v) is 12.4. The molecule has 0 aliphatic heterocycles. The summed E-state index contributed by atoms with van der Waals surface area (Å²) in [5, 5.41) is 41.2. The highest BCUT2D eigenvalue weighted by Gasteiger charge is 2.36. The number of hydrogen-bond acceptors (Lipinski definition) is 11. The number of amides is 8. The molecule has 0 aliphatic carbocycles. The van der Waals surface area contributed by atoms with E-state index >= 15 is 0 Å². The summed E-state index contributed by atoms with van der Waals surface area (Å²) in [6.07, 6.45) is 0.907. The summed E-state index contributed by atoms with van der Waals surface area (Å²) in [7, 11) is 0. The van der Waals surface area contributed by atoms with Crippen LogP contribution in [0.3, 0.4) is 0 Å². The van der Waals surface area contributed by atoms with Crippen LogP contribution in [0.1, 0.15) is 91.3 Å². The first-order valence-electron chi connectivity index (χ1n) is 25.6. The van der Waals surface area contributed by atoms with Gasteiger partial charge in [-0.25, -0.2) is 4.79 Å². The van der Waals surface area contributed by atoms with Crippen LogP contribution in [0.15, 0.2) is 91.0 Å². The number of aliphatic hydroxyl groups is 1. The van der Waals surface area contributed by atoms with Gasteiger partial charge in [-0.3, -0.25) is 38.4 Å². The molecule has 3 aromatic rings. The SMILES string of the molecule is CC[C@H](C)[C@H](NC(=O)[C@H](Cc1ccccc1)NC(=O)[C@H](Cc1ccccc1)NC(=O)[C@H](CO)NC(=O)[C@@H](NC(=O)CNC(=O)[C@H](CC(C)C)NC(=O)[C@@H](N)Cc1ccccc1)C(C)C)C(=O)N[C@@H](CC(C)C)C(=O)O. The molecule has 75 heavy (non-hydrogen) atoms. The highest BCUT2D eigenvalue weighted by molar-refractivity contribution is 5.98. The van der Waals surface area contributed by atoms with Crippen molar-refractivity contribution in [3.63, 3.8) is 0 Å². The largest absolute Gasteiger partial charge is 0.480 e. The smallest absolute Gasteiger partial charge is 0.326 e. The Morgan fingerprint density at radius 1 is 0.467 bits per heavy atom. The van der Waals surface area contributed by atoms with Crippen molar-refractivity contribution >= 4 is 53.2 Å². The monoisotopic (exact) mass is 1040 g/mol. The minimum absolute atomic E-state index is 0.0253. The first kappa shape index (κ1) is 62.1. The number of rotatable bonds is 31. The predicted octanol–water partition coefficient (Wildman–Crippen LogP) is 1.42. The first-order valence-corrected chi connectivity index (χ1v) is 25.6. The van der Waals surface area contributed by atoms with Crippen molar-refractivity contribution < 1.29 is 53.4 Å². The van der Waals surface area contributed by atoms with E-state index in [1.54, 1.807) is 81.4 Å². The second-order valence-electron chi connectivity index (χ2n) is 20.1. The third-order valence-electron chi connectivity index (χ3n) is 12.4. The van der Waals surface area contributed by atoms with E-state index in [1.165, 1.54) is 0 Å². The normalized spacial score (nSPS) is 14.8. The van der Waals surface area contributed by atoms with Gasteiger partial charge in [0.1, 0.15) is 42.3 Å². The standard InChI is InChI=1S/C55H79N9O11/c1-9-35(8)47(54(73)61-43(55(74)75)26-33(4)5)64-51(70)42(29-38-23-17-12-18-24-38)59-50(69)41(28-37-21-15-11-16-22-37)60-52(71)44(31-65)62-53(72)46(34(6)7)63-45(66)30-57-49(68)40(25-32(2)3)58-48(67)39(56)27-36-19-13-10-14-20-36/h10-24,32-35,39-44,46-47,65H,9,25-31,56H2,1-8H3,(H,57,68)(H,58,67)(H,59,69)(H,60,71)(H,61,73)(H,62,72)(H,63,66)(H,64,70)(H,74,75)/t35-,39-,40-,41-,42-,43-,44-,46-,47-/m0/s1. The van der Waals surface area contributed by atoms with E-state index in [9.17, 15) is 53.4 Å². The fourth-order valence-electron chi connectivity index (χ4n) is 8.02. The zero-order valence-electron chi connectivity index (χ0n) is 44.4. The highest BCUT2D eigenvalue weighted by Crippen LogP contribution is 2.14. The number of hydrogen-bond donors (Lipinski definition) is 11. The van der Waals surface area contributed by atoms with Gasteiger partial charge in [-0.05, 0) is 59.6 Å². The zero-order chi connectivity index (χ0) is 55.8. The van der Waals surface area contributed by atoms with Crippen molar-refractivity contribution in [2.24, 2.45) is 29.4 Å². The Balaban J connectivity index is 1.79. The van der Waals surface area contributed by atoms with Crippen LogP contribution < -0.4 is 48.3 Å². The number of benzene rings is 3. The number of nitrogens with two attached hydrogens (primary N) is 1. The molecule has 3 rings (SSSR count). The van der Waals surface area contributed by atoms with Gasteiger partial charge in [-0.1, -0.05) is 153 Å². The third kappa shape index (κ3) is 21.7. The Morgan fingerprint density at radius 3 is 1.31 bits per heavy atom. The molecule has 410 valence electrons. The van der Waals surface area contributed by atoms with E-state index in [0.717, 1.165) is 5.56 Å². The van der Waals surface area contributed by atoms with Crippen molar-refractivity contribution in [1.29, 1.82) is 0 Å². The molecular weight excluding hydrogens is 963 g/mol. The fourth-order valence-corrected chi connectivity index (χ4v) is 8.02. The number of carboxylic acid groups (broad SMARTS) is 1. The van der Waals surface area contributed by atoms with Crippen LogP contribution in [-0.4, -0.2) is 125 Å². The summed E-state index contributed by atoms with van der Waals surface area (Å²) in [5.41, 5.74) is 8.25. The van der Waals surface area contributed by atoms with Crippen LogP contribution in [0.5, 0.6) is 0 Å². The fraction of sp³-hybridized carbons (Fsp3) is 0.509. The van der Waals surface area contributed by atoms with Crippen LogP contribution in [-0.2, 0) is 62.4 Å². The van der Waals surface area contributed by atoms with Gasteiger partial charge in [0.25, 0.3) is 0 Å². The summed E-state index contributed by atoms with van der Waals surface area (Å²) in [5.74, 6) is -8.42. The van der Waals surface area contributed by atoms with Gasteiger partial charge in [-0.2, -0.15) is 0 Å². The second-order valence-corrected chi connectivity index (χ2v) is 20.1. The predicted molar refractivity (Wildman–Crippen MR) is 283 cm³/mol. The molecule has 8 amide bonds. The average molecular weight is 1040 g/mol. The van der Waals surface area contributed by atoms with Crippen LogP contribution in [0.4, 0.5) is 0 Å². The summed E-state index contributed by atoms with van der Waals surface area (Å²) in [6, 6.07) is 16.5. The van der Waals surface area contributed by atoms with E-state index in [4.69, 9.17) is 5.73 Å². The molecule has 0 unspecified atom stereocenters. The lowest BCUT2D eigenvalue weighted by atomic mass is 9.96. The zero-order valence-corrected chi connectivity index (χ0v) is 44.4. The molecule has 3 aromatic carbocycles. The Morgan fingerprint density at radius 2 is 0.867 bits per heavy atom. The van der Waals surface area contributed by atoms with Crippen molar-refractivity contribution in [1.82, 2.24) is 42.5 Å². The van der Waals surface area contributed by atoms with Gasteiger partial charge in [0.05, 0.1) is 19.2 Å². The van der Waals surface area contributed by atoms with Crippen molar-refractivity contribution in [3.8, 4) is 0 Å². The minimum atomic E-state index is -1.64. The van der Waals surface area contributed by atoms with Gasteiger partial charge in [0, 0.05) is 12.8 Å². The Labute approximate surface area is 440 Å². The highest BCUT2D eigenvalue weighted by atomic mass is 16.4. The van der Waals surface area contributed by atoms with Gasteiger partial charge < -0.3 is 58.5 Å². The minimum Gasteiger partial charge on any atom is -0.480 e. The van der Waals surface area contributed by atoms with E-state index in [2.05, 4.69) is 42.5 Å². The molecule has 0 aliphatic rings. The number of carbonyl (C=O) groups excluding carboxylic acids is 8. The lowest BCUT2D eigenvalue weighted by molar-refractivity contribution is -0.143. The number of carbonyl (C=O) groups is 9. The van der Waals surface area contributed by atoms with Gasteiger partial charge in [-0.15, -0.1) is 0 Å². The second kappa shape index (κ2) is 31.5. The molecular formula is C55H79N9O11. The first-order chi connectivity index (χ1) is 35.5. The van der Waals surface area contributed by atoms with E-state index in [1.807, 2.05) is 65.0 Å². The maximum absolute atomic E-state index is 14.4. The summed E-state index contributed by atoms with van der Waals surface area (Å²) in [4.78, 5) is 122. The lowest BCUT2D eigenvalue weighted by Crippen LogP contribution is -2.61. The Bertz CT molecular complexity index is 2340. The Kier molecular flexibility index (Phi) is 26.1. The molecule has 0 aromatic heterocycles. The van der Waals surface area contributed by atoms with Crippen LogP contribution in [0.25, 0.3) is 0 Å². The molecule has 0 radical (unpaired) electrons. The Hall–Kier alpha value is -7.19. The number of carboxylic acids is 1. The molecule has 0 fully saturated rings. The molecule has 12 N–H and O–H groups in total. The van der Waals surface area contributed by atoms with Crippen molar-refractivity contribution in [2.75, 3.05) is 13.2 Å². The molecule has 0 saturated carbocycles. The van der Waals surface area contributed by atoms with Gasteiger partial charge >= 0.3 is 5.97 Å². The molecule has 20 nitrogen and oxygen atoms in total. The molecule has 0 heterocycles. The lowest BCUT2D eigenvalue weighted by Gasteiger charge is -2.29. The molecule has 20 heteroatoms. The maximum Gasteiger partial charge on any atom is 0.326 e.